The molecule has 0 aliphatic carbocycles. The van der Waals surface area contributed by atoms with Crippen LogP contribution in [0, 0.1) is 41.4 Å². The summed E-state index contributed by atoms with van der Waals surface area (Å²) in [6.45, 7) is 30.2. The predicted molar refractivity (Wildman–Crippen MR) is 472 cm³/mol. The van der Waals surface area contributed by atoms with E-state index in [0.717, 1.165) is 28.9 Å². The van der Waals surface area contributed by atoms with Crippen LogP contribution in [0.2, 0.25) is 0 Å². The Kier molecular flexibility index (Phi) is 45.0. The Morgan fingerprint density at radius 3 is 1.33 bits per heavy atom. The Morgan fingerprint density at radius 1 is 0.433 bits per heavy atom. The van der Waals surface area contributed by atoms with Gasteiger partial charge < -0.3 is 75.6 Å². The van der Waals surface area contributed by atoms with E-state index in [2.05, 4.69) is 26.2 Å². The number of hydrogen-bond acceptors (Lipinski definition) is 17. The lowest BCUT2D eigenvalue weighted by molar-refractivity contribution is -0.157. The molecule has 0 bridgehead atoms. The van der Waals surface area contributed by atoms with Gasteiger partial charge >= 0.3 is 0 Å². The van der Waals surface area contributed by atoms with E-state index in [4.69, 9.17) is 0 Å². The van der Waals surface area contributed by atoms with Crippen molar-refractivity contribution in [3.63, 3.8) is 0 Å². The van der Waals surface area contributed by atoms with E-state index in [1.165, 1.54) is 114 Å². The van der Waals surface area contributed by atoms with Crippen molar-refractivity contribution >= 4 is 88.6 Å². The van der Waals surface area contributed by atoms with Crippen LogP contribution >= 0.6 is 11.8 Å². The van der Waals surface area contributed by atoms with Gasteiger partial charge in [0.15, 0.2) is 0 Å². The lowest BCUT2D eigenvalue weighted by atomic mass is 9.90. The molecule has 30 heteroatoms. The number of unbranched alkanes of at least 4 members (excludes halogenated alkanes) is 4. The molecule has 1 saturated heterocycles. The maximum Gasteiger partial charge on any atom is 0.253 e. The molecule has 0 radical (unpaired) electrons. The standard InChI is InChI=1S/C90H152N14O15S/c1-28-68-85(114)101(25)73(54-120-48-34-33-47-105)88(117)98(22)70(49-56(4)5)80(109)94-74(59(10)11)89(118)97(21)69(45-36-55(2)3)79(108)91-62(15)78(107)92-63(16)82(111)99(23)71(50-57(6)7)86(115)100(24)72(51-58(8)9)87(116)102(26)75(60(12)13)90(119)103(27)76(81(110)93-68)77(106)61(14)35-31-29-30-32-46-104(52-64-37-41-66(42-38-64)83(112)95(17)18)53-65-39-43-67(44-40-65)84(113)96(19)20/h37-44,55-63,68-77,105-106H,28-36,45-54H2,1-27H3,(H,91,108)(H,92,107)(H,93,110)(H,94,109)/t61-,62-,63+,68+,69-,70+,71+,72+,73-,74-,75+,76+,77-/m1/s1. The summed E-state index contributed by atoms with van der Waals surface area (Å²) in [5, 5.41) is 34.0. The lowest BCUT2D eigenvalue weighted by Crippen LogP contribution is -2.64. The van der Waals surface area contributed by atoms with E-state index in [0.29, 0.717) is 75.0 Å². The Hall–Kier alpha value is -8.22. The number of thioether (sulfide) groups is 1. The highest BCUT2D eigenvalue weighted by Gasteiger charge is 2.47. The highest BCUT2D eigenvalue weighted by molar-refractivity contribution is 7.99. The van der Waals surface area contributed by atoms with Gasteiger partial charge in [-0.25, -0.2) is 0 Å². The first-order chi connectivity index (χ1) is 56.1. The Labute approximate surface area is 722 Å². The molecule has 6 N–H and O–H groups in total. The molecule has 120 heavy (non-hydrogen) atoms. The van der Waals surface area contributed by atoms with E-state index >= 15 is 38.4 Å². The number of benzene rings is 2. The number of amides is 13. The average Bonchev–Trinajstić information content (AvgIpc) is 0.748. The van der Waals surface area contributed by atoms with Crippen molar-refractivity contribution in [2.24, 2.45) is 41.4 Å². The van der Waals surface area contributed by atoms with Gasteiger partial charge in [0.2, 0.25) is 65.0 Å². The summed E-state index contributed by atoms with van der Waals surface area (Å²) in [6, 6.07) is 0.834. The van der Waals surface area contributed by atoms with Crippen molar-refractivity contribution in [1.82, 2.24) is 70.3 Å². The van der Waals surface area contributed by atoms with Crippen molar-refractivity contribution in [2.75, 3.05) is 102 Å². The summed E-state index contributed by atoms with van der Waals surface area (Å²) in [7, 11) is 16.9. The molecule has 0 aromatic heterocycles. The summed E-state index contributed by atoms with van der Waals surface area (Å²) in [6.07, 6.45) is 3.60. The zero-order chi connectivity index (χ0) is 91.2. The molecule has 2 aromatic rings. The third-order valence-electron chi connectivity index (χ3n) is 22.8. The summed E-state index contributed by atoms with van der Waals surface area (Å²) >= 11 is 1.35. The largest absolute Gasteiger partial charge is 0.396 e. The van der Waals surface area contributed by atoms with Crippen molar-refractivity contribution in [3.05, 3.63) is 70.8 Å². The number of nitrogens with zero attached hydrogens (tertiary/aromatic N) is 10. The molecular weight excluding hydrogens is 1550 g/mol. The smallest absolute Gasteiger partial charge is 0.253 e. The van der Waals surface area contributed by atoms with Crippen LogP contribution < -0.4 is 21.3 Å². The topological polar surface area (TPSA) is 343 Å². The van der Waals surface area contributed by atoms with Crippen LogP contribution in [0.15, 0.2) is 48.5 Å². The normalized spacial score (nSPS) is 23.0. The maximum absolute atomic E-state index is 15.8. The van der Waals surface area contributed by atoms with Gasteiger partial charge in [0.05, 0.1) is 6.10 Å². The summed E-state index contributed by atoms with van der Waals surface area (Å²) in [5.41, 5.74) is 3.15. The van der Waals surface area contributed by atoms with Crippen LogP contribution in [-0.2, 0) is 65.8 Å². The quantitative estimate of drug-likeness (QED) is 0.0374. The van der Waals surface area contributed by atoms with Crippen LogP contribution in [0.1, 0.15) is 226 Å². The fraction of sp³-hybridized carbons (Fsp3) is 0.722. The van der Waals surface area contributed by atoms with Crippen molar-refractivity contribution in [3.8, 4) is 0 Å². The molecule has 1 aliphatic heterocycles. The van der Waals surface area contributed by atoms with E-state index in [-0.39, 0.29) is 79.9 Å². The molecule has 3 rings (SSSR count). The van der Waals surface area contributed by atoms with Gasteiger partial charge in [0, 0.05) is 114 Å². The zero-order valence-electron chi connectivity index (χ0n) is 77.6. The Balaban J connectivity index is 2.33. The molecule has 13 amide bonds. The van der Waals surface area contributed by atoms with Crippen LogP contribution in [0.25, 0.3) is 0 Å². The first-order valence-electron chi connectivity index (χ1n) is 43.4. The molecule has 0 spiro atoms. The first-order valence-corrected chi connectivity index (χ1v) is 44.5. The van der Waals surface area contributed by atoms with Crippen LogP contribution in [0.3, 0.4) is 0 Å². The third kappa shape index (κ3) is 31.6. The van der Waals surface area contributed by atoms with Crippen LogP contribution in [0.4, 0.5) is 0 Å². The number of rotatable bonds is 33. The summed E-state index contributed by atoms with van der Waals surface area (Å²) in [4.78, 5) is 207. The number of carbonyl (C=O) groups is 13. The second-order valence-electron chi connectivity index (χ2n) is 36.1. The Morgan fingerprint density at radius 2 is 0.867 bits per heavy atom. The van der Waals surface area contributed by atoms with Gasteiger partial charge in [-0.1, -0.05) is 140 Å². The number of carbonyl (C=O) groups excluding carboxylic acids is 13. The third-order valence-corrected chi connectivity index (χ3v) is 24.0. The second kappa shape index (κ2) is 51.0. The monoisotopic (exact) mass is 1700 g/mol. The molecule has 0 unspecified atom stereocenters. The fourth-order valence-electron chi connectivity index (χ4n) is 15.2. The molecule has 678 valence electrons. The Bertz CT molecular complexity index is 3590. The number of hydrogen-bond donors (Lipinski definition) is 6. The van der Waals surface area contributed by atoms with Crippen molar-refractivity contribution < 1.29 is 72.5 Å². The van der Waals surface area contributed by atoms with Gasteiger partial charge in [-0.15, -0.1) is 0 Å². The van der Waals surface area contributed by atoms with Gasteiger partial charge in [0.1, 0.15) is 66.5 Å². The number of aliphatic hydroxyl groups excluding tert-OH is 2. The van der Waals surface area contributed by atoms with Crippen molar-refractivity contribution in [2.45, 2.75) is 280 Å². The highest BCUT2D eigenvalue weighted by Crippen LogP contribution is 2.28. The minimum atomic E-state index is -1.71. The van der Waals surface area contributed by atoms with E-state index < -0.39 is 155 Å². The maximum atomic E-state index is 15.8. The minimum Gasteiger partial charge on any atom is -0.396 e. The molecule has 2 aromatic carbocycles. The van der Waals surface area contributed by atoms with Crippen molar-refractivity contribution in [1.29, 1.82) is 0 Å². The lowest BCUT2D eigenvalue weighted by Gasteiger charge is -2.41. The SMILES string of the molecule is CC[C@@H]1NC(=O)[C@H]([C@H](O)[C@H](C)CCCCCCN(Cc2ccc(C(=O)N(C)C)cc2)Cc2ccc(C(=O)N(C)C)cc2)N(C)C(=O)[C@H](C(C)C)N(C)C(=O)[C@H](CC(C)C)N(C)C(=O)[C@H](CC(C)C)N(C)C(=O)[C@H](C)NC(=O)[C@@H](C)NC(=O)[C@@H](CCC(C)C)N(C)C(=O)[C@@H](C(C)C)NC(=O)[C@H](CC(C)C)N(C)C(=O)[C@@H](CSCCCCO)N(C)C1=O. The second-order valence-corrected chi connectivity index (χ2v) is 37.2. The molecule has 1 aliphatic rings. The summed E-state index contributed by atoms with van der Waals surface area (Å²) < 4.78 is 0. The molecule has 29 nitrogen and oxygen atoms in total. The zero-order valence-corrected chi connectivity index (χ0v) is 78.4. The first kappa shape index (κ1) is 106. The molecule has 13 atom stereocenters. The van der Waals surface area contributed by atoms with Crippen LogP contribution in [-0.4, -0.2) is 311 Å². The molecule has 0 saturated carbocycles. The summed E-state index contributed by atoms with van der Waals surface area (Å²) in [5.74, 6) is -9.81. The van der Waals surface area contributed by atoms with E-state index in [9.17, 15) is 34.2 Å². The number of aliphatic hydroxyl groups is 2. The minimum absolute atomic E-state index is 0.00697. The van der Waals surface area contributed by atoms with Gasteiger partial charge in [-0.05, 0) is 167 Å². The molecule has 1 heterocycles. The van der Waals surface area contributed by atoms with Gasteiger partial charge in [0.25, 0.3) is 11.8 Å². The number of likely N-dealkylation sites (N-methyl/N-ethyl adjacent to an activating group) is 7. The van der Waals surface area contributed by atoms with E-state index in [1.807, 2.05) is 104 Å². The molecular formula is C90H152N14O15S. The van der Waals surface area contributed by atoms with Crippen LogP contribution in [0.5, 0.6) is 0 Å². The van der Waals surface area contributed by atoms with E-state index in [1.54, 1.807) is 69.7 Å². The number of nitrogens with one attached hydrogen (secondary N) is 4. The highest BCUT2D eigenvalue weighted by atomic mass is 32.2. The predicted octanol–water partition coefficient (Wildman–Crippen LogP) is 7.62. The fourth-order valence-corrected chi connectivity index (χ4v) is 16.4. The average molecular weight is 1700 g/mol. The van der Waals surface area contributed by atoms with Gasteiger partial charge in [-0.3, -0.25) is 67.2 Å². The van der Waals surface area contributed by atoms with Gasteiger partial charge in [-0.2, -0.15) is 11.8 Å². The molecule has 1 fully saturated rings.